The van der Waals surface area contributed by atoms with E-state index in [-0.39, 0.29) is 12.5 Å². The molecule has 1 saturated heterocycles. The maximum Gasteiger partial charge on any atom is 0.283 e. The summed E-state index contributed by atoms with van der Waals surface area (Å²) in [5, 5.41) is 1.96. The van der Waals surface area contributed by atoms with Gasteiger partial charge in [0.2, 0.25) is 0 Å². The zero-order valence-electron chi connectivity index (χ0n) is 9.39. The third-order valence-electron chi connectivity index (χ3n) is 2.44. The molecule has 0 atom stereocenters. The third kappa shape index (κ3) is 3.61. The number of amides is 1. The lowest BCUT2D eigenvalue weighted by molar-refractivity contribution is -0.198. The molecule has 1 aromatic rings. The molecule has 0 aliphatic carbocycles. The minimum atomic E-state index is -0.162. The molecule has 0 unspecified atom stereocenters. The number of ether oxygens (including phenoxy) is 1. The topological polar surface area (TPSA) is 38.8 Å². The molecule has 0 bridgehead atoms. The smallest absolute Gasteiger partial charge is 0.283 e. The van der Waals surface area contributed by atoms with Crippen LogP contribution in [-0.2, 0) is 9.63 Å². The van der Waals surface area contributed by atoms with E-state index < -0.39 is 0 Å². The summed E-state index contributed by atoms with van der Waals surface area (Å²) in [5.41, 5.74) is 0. The Morgan fingerprint density at radius 2 is 2.35 bits per heavy atom. The summed E-state index contributed by atoms with van der Waals surface area (Å²) in [7, 11) is 0. The van der Waals surface area contributed by atoms with Crippen molar-refractivity contribution in [1.82, 2.24) is 5.06 Å². The molecule has 5 heteroatoms. The van der Waals surface area contributed by atoms with Crippen molar-refractivity contribution in [3.8, 4) is 5.75 Å². The van der Waals surface area contributed by atoms with E-state index >= 15 is 0 Å². The fourth-order valence-corrected chi connectivity index (χ4v) is 1.75. The van der Waals surface area contributed by atoms with Crippen molar-refractivity contribution in [3.63, 3.8) is 0 Å². The van der Waals surface area contributed by atoms with Gasteiger partial charge < -0.3 is 4.74 Å². The van der Waals surface area contributed by atoms with E-state index in [0.717, 1.165) is 12.8 Å². The molecule has 1 amide bonds. The van der Waals surface area contributed by atoms with Crippen molar-refractivity contribution in [2.75, 3.05) is 19.8 Å². The molecule has 1 aliphatic rings. The van der Waals surface area contributed by atoms with E-state index in [0.29, 0.717) is 23.9 Å². The van der Waals surface area contributed by atoms with Crippen LogP contribution in [0.15, 0.2) is 24.3 Å². The number of benzene rings is 1. The van der Waals surface area contributed by atoms with E-state index in [4.69, 9.17) is 21.2 Å². The molecule has 1 aromatic carbocycles. The van der Waals surface area contributed by atoms with E-state index in [2.05, 4.69) is 0 Å². The summed E-state index contributed by atoms with van der Waals surface area (Å²) in [6.07, 6.45) is 1.97. The quantitative estimate of drug-likeness (QED) is 0.832. The standard InChI is InChI=1S/C12H14ClNO3/c13-10-4-3-5-11(8-10)16-9-12(15)14-6-1-2-7-17-14/h3-5,8H,1-2,6-7,9H2. The molecule has 0 saturated carbocycles. The van der Waals surface area contributed by atoms with Crippen molar-refractivity contribution in [2.24, 2.45) is 0 Å². The van der Waals surface area contributed by atoms with E-state index in [9.17, 15) is 4.79 Å². The third-order valence-corrected chi connectivity index (χ3v) is 2.67. The zero-order chi connectivity index (χ0) is 12.1. The van der Waals surface area contributed by atoms with Gasteiger partial charge in [-0.15, -0.1) is 0 Å². The predicted octanol–water partition coefficient (Wildman–Crippen LogP) is 2.27. The number of carbonyl (C=O) groups is 1. The Morgan fingerprint density at radius 1 is 1.47 bits per heavy atom. The molecule has 0 radical (unpaired) electrons. The number of hydrogen-bond donors (Lipinski definition) is 0. The summed E-state index contributed by atoms with van der Waals surface area (Å²) in [6, 6.07) is 6.96. The largest absolute Gasteiger partial charge is 0.484 e. The van der Waals surface area contributed by atoms with Gasteiger partial charge in [0.05, 0.1) is 6.61 Å². The first-order valence-electron chi connectivity index (χ1n) is 5.57. The lowest BCUT2D eigenvalue weighted by atomic mass is 10.3. The fourth-order valence-electron chi connectivity index (χ4n) is 1.57. The summed E-state index contributed by atoms with van der Waals surface area (Å²) in [5.74, 6) is 0.424. The number of carbonyl (C=O) groups excluding carboxylic acids is 1. The summed E-state index contributed by atoms with van der Waals surface area (Å²) in [6.45, 7) is 1.21. The van der Waals surface area contributed by atoms with Crippen LogP contribution in [0.4, 0.5) is 0 Å². The van der Waals surface area contributed by atoms with Gasteiger partial charge in [-0.25, -0.2) is 5.06 Å². The second-order valence-corrected chi connectivity index (χ2v) is 4.22. The normalized spacial score (nSPS) is 15.7. The van der Waals surface area contributed by atoms with Gasteiger partial charge in [-0.1, -0.05) is 17.7 Å². The van der Waals surface area contributed by atoms with Crippen molar-refractivity contribution >= 4 is 17.5 Å². The number of hydrogen-bond acceptors (Lipinski definition) is 3. The molecule has 1 heterocycles. The van der Waals surface area contributed by atoms with Gasteiger partial charge in [0, 0.05) is 11.6 Å². The molecule has 1 aliphatic heterocycles. The Kier molecular flexibility index (Phi) is 4.23. The highest BCUT2D eigenvalue weighted by atomic mass is 35.5. The van der Waals surface area contributed by atoms with Gasteiger partial charge in [-0.2, -0.15) is 0 Å². The van der Waals surface area contributed by atoms with Gasteiger partial charge in [-0.3, -0.25) is 9.63 Å². The van der Waals surface area contributed by atoms with Crippen LogP contribution < -0.4 is 4.74 Å². The van der Waals surface area contributed by atoms with Gasteiger partial charge in [0.1, 0.15) is 5.75 Å². The summed E-state index contributed by atoms with van der Waals surface area (Å²) >= 11 is 5.81. The SMILES string of the molecule is O=C(COc1cccc(Cl)c1)N1CCCCO1. The zero-order valence-corrected chi connectivity index (χ0v) is 10.2. The summed E-state index contributed by atoms with van der Waals surface area (Å²) in [4.78, 5) is 16.9. The molecule has 17 heavy (non-hydrogen) atoms. The monoisotopic (exact) mass is 255 g/mol. The van der Waals surface area contributed by atoms with Crippen LogP contribution in [0.3, 0.4) is 0 Å². The fraction of sp³-hybridized carbons (Fsp3) is 0.417. The van der Waals surface area contributed by atoms with E-state index in [1.807, 2.05) is 0 Å². The molecule has 4 nitrogen and oxygen atoms in total. The summed E-state index contributed by atoms with van der Waals surface area (Å²) < 4.78 is 5.35. The van der Waals surface area contributed by atoms with Crippen LogP contribution in [0.1, 0.15) is 12.8 Å². The molecular formula is C12H14ClNO3. The van der Waals surface area contributed by atoms with Crippen LogP contribution in [-0.4, -0.2) is 30.7 Å². The lowest BCUT2D eigenvalue weighted by Crippen LogP contribution is -2.38. The number of rotatable bonds is 3. The van der Waals surface area contributed by atoms with Crippen molar-refractivity contribution in [2.45, 2.75) is 12.8 Å². The lowest BCUT2D eigenvalue weighted by Gasteiger charge is -2.25. The van der Waals surface area contributed by atoms with Gasteiger partial charge in [0.15, 0.2) is 6.61 Å². The number of nitrogens with zero attached hydrogens (tertiary/aromatic N) is 1. The first-order valence-corrected chi connectivity index (χ1v) is 5.95. The second kappa shape index (κ2) is 5.89. The molecule has 0 aromatic heterocycles. The van der Waals surface area contributed by atoms with Crippen LogP contribution in [0.5, 0.6) is 5.75 Å². The number of halogens is 1. The average Bonchev–Trinajstić information content (AvgIpc) is 2.37. The Balaban J connectivity index is 1.83. The second-order valence-electron chi connectivity index (χ2n) is 3.78. The maximum atomic E-state index is 11.7. The molecule has 2 rings (SSSR count). The first-order chi connectivity index (χ1) is 8.25. The van der Waals surface area contributed by atoms with Gasteiger partial charge in [0.25, 0.3) is 5.91 Å². The highest BCUT2D eigenvalue weighted by molar-refractivity contribution is 6.30. The number of hydroxylamine groups is 2. The Morgan fingerprint density at radius 3 is 3.06 bits per heavy atom. The van der Waals surface area contributed by atoms with Crippen molar-refractivity contribution in [3.05, 3.63) is 29.3 Å². The maximum absolute atomic E-state index is 11.7. The first kappa shape index (κ1) is 12.2. The highest BCUT2D eigenvalue weighted by Crippen LogP contribution is 2.17. The van der Waals surface area contributed by atoms with Crippen LogP contribution >= 0.6 is 11.6 Å². The molecular weight excluding hydrogens is 242 g/mol. The van der Waals surface area contributed by atoms with Crippen molar-refractivity contribution < 1.29 is 14.4 Å². The predicted molar refractivity (Wildman–Crippen MR) is 63.8 cm³/mol. The van der Waals surface area contributed by atoms with Crippen LogP contribution in [0.25, 0.3) is 0 Å². The van der Waals surface area contributed by atoms with E-state index in [1.165, 1.54) is 5.06 Å². The molecule has 92 valence electrons. The molecule has 0 N–H and O–H groups in total. The van der Waals surface area contributed by atoms with Crippen molar-refractivity contribution in [1.29, 1.82) is 0 Å². The van der Waals surface area contributed by atoms with Gasteiger partial charge >= 0.3 is 0 Å². The van der Waals surface area contributed by atoms with Gasteiger partial charge in [-0.05, 0) is 31.0 Å². The van der Waals surface area contributed by atoms with Crippen LogP contribution in [0.2, 0.25) is 5.02 Å². The van der Waals surface area contributed by atoms with Crippen LogP contribution in [0, 0.1) is 0 Å². The Hall–Kier alpha value is -1.26. The minimum absolute atomic E-state index is 0.0274. The Labute approximate surface area is 105 Å². The Bertz CT molecular complexity index is 391. The minimum Gasteiger partial charge on any atom is -0.484 e. The molecule has 0 spiro atoms. The highest BCUT2D eigenvalue weighted by Gasteiger charge is 2.17. The average molecular weight is 256 g/mol. The van der Waals surface area contributed by atoms with E-state index in [1.54, 1.807) is 24.3 Å². The molecule has 1 fully saturated rings.